The van der Waals surface area contributed by atoms with Crippen LogP contribution in [-0.2, 0) is 11.1 Å². The van der Waals surface area contributed by atoms with E-state index in [-0.39, 0.29) is 14.7 Å². The molecule has 0 bridgehead atoms. The fraction of sp³-hybridized carbons (Fsp3) is 0.0769. The van der Waals surface area contributed by atoms with Crippen LogP contribution in [0.25, 0.3) is 10.8 Å². The molecule has 0 spiro atoms. The van der Waals surface area contributed by atoms with Crippen molar-refractivity contribution >= 4 is 40.1 Å². The maximum Gasteiger partial charge on any atom is 0.438 e. The number of amides is 1. The average molecular weight is 303 g/mol. The van der Waals surface area contributed by atoms with Crippen molar-refractivity contribution in [3.05, 3.63) is 42.0 Å². The van der Waals surface area contributed by atoms with Crippen LogP contribution >= 0.6 is 8.96 Å². The summed E-state index contributed by atoms with van der Waals surface area (Å²) in [5, 5.41) is 14.5. The number of fused-ring (bicyclic) bond motifs is 1. The molecule has 2 aromatic rings. The van der Waals surface area contributed by atoms with Crippen molar-refractivity contribution in [1.82, 2.24) is 10.3 Å². The van der Waals surface area contributed by atoms with Gasteiger partial charge in [0.1, 0.15) is 14.7 Å². The minimum absolute atomic E-state index is 0.103. The van der Waals surface area contributed by atoms with Crippen molar-refractivity contribution in [3.63, 3.8) is 0 Å². The van der Waals surface area contributed by atoms with Crippen LogP contribution in [0, 0.1) is 0 Å². The number of phenolic OH excluding ortho intramolecular Hbond substituents is 1. The maximum atomic E-state index is 11.1. The number of nitrogens with one attached hydrogen (secondary N) is 2. The standard InChI is InChI=1S/C13H15BN3O3P/c14-17-21-20-13(19)16-8-15-7-9-3-1-5-11-10(9)4-2-6-12(11)18/h1-6,8,17-18,21H,7,14H2,(H,15,16,19). The second-order valence-corrected chi connectivity index (χ2v) is 5.06. The van der Waals surface area contributed by atoms with E-state index < -0.39 is 6.09 Å². The molecule has 0 radical (unpaired) electrons. The van der Waals surface area contributed by atoms with E-state index in [2.05, 4.69) is 15.3 Å². The summed E-state index contributed by atoms with van der Waals surface area (Å²) in [5.41, 5.74) is 1.00. The Bertz CT molecular complexity index is 666. The van der Waals surface area contributed by atoms with Gasteiger partial charge in [0.15, 0.2) is 7.98 Å². The zero-order valence-electron chi connectivity index (χ0n) is 11.5. The highest BCUT2D eigenvalue weighted by molar-refractivity contribution is 7.32. The molecule has 108 valence electrons. The van der Waals surface area contributed by atoms with Gasteiger partial charge in [-0.2, -0.15) is 4.99 Å². The molecular weight excluding hydrogens is 288 g/mol. The summed E-state index contributed by atoms with van der Waals surface area (Å²) in [6.07, 6.45) is 0.662. The van der Waals surface area contributed by atoms with Crippen LogP contribution in [0.2, 0.25) is 0 Å². The highest BCUT2D eigenvalue weighted by atomic mass is 31.1. The van der Waals surface area contributed by atoms with Gasteiger partial charge in [0.2, 0.25) is 0 Å². The Labute approximate surface area is 125 Å². The zero-order valence-corrected chi connectivity index (χ0v) is 12.5. The molecule has 0 aliphatic heterocycles. The predicted molar refractivity (Wildman–Crippen MR) is 87.4 cm³/mol. The van der Waals surface area contributed by atoms with Gasteiger partial charge in [-0.05, 0) is 17.0 Å². The fourth-order valence-electron chi connectivity index (χ4n) is 1.89. The van der Waals surface area contributed by atoms with Gasteiger partial charge >= 0.3 is 6.09 Å². The molecule has 1 amide bonds. The number of nitrogens with zero attached hydrogens (tertiary/aromatic N) is 1. The quantitative estimate of drug-likeness (QED) is 0.337. The number of carbonyl (C=O) groups excluding carboxylic acids is 1. The lowest BCUT2D eigenvalue weighted by Crippen LogP contribution is -2.12. The zero-order chi connectivity index (χ0) is 15.1. The molecule has 1 unspecified atom stereocenters. The van der Waals surface area contributed by atoms with E-state index in [1.807, 2.05) is 24.3 Å². The van der Waals surface area contributed by atoms with Crippen LogP contribution in [0.3, 0.4) is 0 Å². The Hall–Kier alpha value is -2.11. The largest absolute Gasteiger partial charge is 0.507 e. The van der Waals surface area contributed by atoms with Crippen molar-refractivity contribution in [3.8, 4) is 5.75 Å². The van der Waals surface area contributed by atoms with E-state index in [9.17, 15) is 9.90 Å². The molecule has 21 heavy (non-hydrogen) atoms. The Kier molecular flexibility index (Phi) is 5.55. The van der Waals surface area contributed by atoms with Gasteiger partial charge < -0.3 is 19.9 Å². The highest BCUT2D eigenvalue weighted by Crippen LogP contribution is 2.26. The number of rotatable bonds is 5. The Morgan fingerprint density at radius 1 is 1.33 bits per heavy atom. The third-order valence-corrected chi connectivity index (χ3v) is 3.26. The molecule has 0 aliphatic rings. The van der Waals surface area contributed by atoms with Crippen molar-refractivity contribution < 1.29 is 14.4 Å². The molecule has 0 heterocycles. The Morgan fingerprint density at radius 3 is 2.90 bits per heavy atom. The third kappa shape index (κ3) is 4.18. The van der Waals surface area contributed by atoms with E-state index in [0.717, 1.165) is 16.3 Å². The smallest absolute Gasteiger partial charge is 0.438 e. The predicted octanol–water partition coefficient (Wildman–Crippen LogP) is 1.45. The minimum Gasteiger partial charge on any atom is -0.507 e. The van der Waals surface area contributed by atoms with Crippen LogP contribution in [0.1, 0.15) is 5.56 Å². The number of phenols is 1. The van der Waals surface area contributed by atoms with Crippen LogP contribution < -0.4 is 10.3 Å². The third-order valence-electron chi connectivity index (χ3n) is 2.78. The van der Waals surface area contributed by atoms with Gasteiger partial charge in [-0.15, -0.1) is 0 Å². The van der Waals surface area contributed by atoms with Gasteiger partial charge in [0.05, 0.1) is 6.34 Å². The number of hydrogen-bond acceptors (Lipinski definition) is 4. The van der Waals surface area contributed by atoms with Crippen LogP contribution in [0.5, 0.6) is 5.75 Å². The molecule has 0 aromatic heterocycles. The average Bonchev–Trinajstić information content (AvgIpc) is 2.50. The molecular formula is C13H15BN3O3P. The lowest BCUT2D eigenvalue weighted by Gasteiger charge is -2.07. The van der Waals surface area contributed by atoms with Crippen molar-refractivity contribution in [2.75, 3.05) is 0 Å². The lowest BCUT2D eigenvalue weighted by molar-refractivity contribution is 0.217. The summed E-state index contributed by atoms with van der Waals surface area (Å²) in [6.45, 7) is 0.492. The normalized spacial score (nSPS) is 11.4. The Balaban J connectivity index is 2.00. The molecule has 0 saturated carbocycles. The SMILES string of the molecule is BNPOC(=O)/N=C/NCc1cccc2c(O)cccc12. The molecule has 2 rings (SSSR count). The summed E-state index contributed by atoms with van der Waals surface area (Å²) in [7, 11) is 1.58. The number of aliphatic imine (C=N–C) groups is 1. The second-order valence-electron chi connectivity index (χ2n) is 4.15. The van der Waals surface area contributed by atoms with E-state index in [1.54, 1.807) is 20.1 Å². The minimum atomic E-state index is -0.647. The first kappa shape index (κ1) is 15.3. The fourth-order valence-corrected chi connectivity index (χ4v) is 2.13. The van der Waals surface area contributed by atoms with Gasteiger partial charge in [0, 0.05) is 11.9 Å². The van der Waals surface area contributed by atoms with E-state index >= 15 is 0 Å². The summed E-state index contributed by atoms with van der Waals surface area (Å²) in [4.78, 5) is 17.4. The number of carbonyl (C=O) groups is 1. The highest BCUT2D eigenvalue weighted by Gasteiger charge is 2.03. The summed E-state index contributed by atoms with van der Waals surface area (Å²) in [6, 6.07) is 11.1. The summed E-state index contributed by atoms with van der Waals surface area (Å²) < 4.78 is 4.74. The summed E-state index contributed by atoms with van der Waals surface area (Å²) >= 11 is 0. The monoisotopic (exact) mass is 303 g/mol. The maximum absolute atomic E-state index is 11.1. The first-order valence-corrected chi connectivity index (χ1v) is 7.21. The summed E-state index contributed by atoms with van der Waals surface area (Å²) in [5.74, 6) is 0.250. The van der Waals surface area contributed by atoms with Crippen molar-refractivity contribution in [2.45, 2.75) is 6.54 Å². The van der Waals surface area contributed by atoms with E-state index in [0.29, 0.717) is 6.54 Å². The van der Waals surface area contributed by atoms with E-state index in [4.69, 9.17) is 4.52 Å². The molecule has 3 N–H and O–H groups in total. The molecule has 2 aromatic carbocycles. The van der Waals surface area contributed by atoms with Gasteiger partial charge in [0.25, 0.3) is 0 Å². The van der Waals surface area contributed by atoms with Crippen molar-refractivity contribution in [1.29, 1.82) is 0 Å². The number of benzene rings is 2. The second kappa shape index (κ2) is 7.62. The van der Waals surface area contributed by atoms with Gasteiger partial charge in [-0.3, -0.25) is 0 Å². The van der Waals surface area contributed by atoms with Crippen LogP contribution in [0.15, 0.2) is 41.4 Å². The van der Waals surface area contributed by atoms with Crippen molar-refractivity contribution in [2.24, 2.45) is 4.99 Å². The molecule has 0 aliphatic carbocycles. The van der Waals surface area contributed by atoms with E-state index in [1.165, 1.54) is 6.34 Å². The number of aromatic hydroxyl groups is 1. The van der Waals surface area contributed by atoms with Crippen LogP contribution in [0.4, 0.5) is 4.79 Å². The molecule has 0 fully saturated rings. The molecule has 6 nitrogen and oxygen atoms in total. The topological polar surface area (TPSA) is 83.0 Å². The van der Waals surface area contributed by atoms with Gasteiger partial charge in [-0.1, -0.05) is 30.3 Å². The Morgan fingerprint density at radius 2 is 2.10 bits per heavy atom. The first-order valence-electron chi connectivity index (χ1n) is 6.30. The van der Waals surface area contributed by atoms with Crippen LogP contribution in [-0.4, -0.2) is 25.5 Å². The molecule has 8 heteroatoms. The molecule has 1 atom stereocenters. The first-order chi connectivity index (χ1) is 10.2. The number of hydrogen-bond donors (Lipinski definition) is 3. The van der Waals surface area contributed by atoms with Gasteiger partial charge in [-0.25, -0.2) is 4.79 Å². The lowest BCUT2D eigenvalue weighted by atomic mass is 10.0. The molecule has 0 saturated heterocycles.